The van der Waals surface area contributed by atoms with Crippen molar-refractivity contribution in [3.05, 3.63) is 47.7 Å². The van der Waals surface area contributed by atoms with Crippen molar-refractivity contribution in [2.24, 2.45) is 0 Å². The molecular weight excluding hydrogens is 162 g/mol. The summed E-state index contributed by atoms with van der Waals surface area (Å²) in [7, 11) is 0. The molecule has 64 valence electrons. The second kappa shape index (κ2) is 2.47. The van der Waals surface area contributed by atoms with Gasteiger partial charge in [0.2, 0.25) is 0 Å². The lowest BCUT2D eigenvalue weighted by molar-refractivity contribution is -0.0381. The van der Waals surface area contributed by atoms with E-state index in [1.807, 2.05) is 11.3 Å². The van der Waals surface area contributed by atoms with E-state index in [4.69, 9.17) is 4.84 Å². The van der Waals surface area contributed by atoms with Crippen molar-refractivity contribution in [3.8, 4) is 0 Å². The Bertz CT molecular complexity index is 406. The molecule has 2 heterocycles. The molecule has 0 bridgehead atoms. The van der Waals surface area contributed by atoms with Gasteiger partial charge in [-0.3, -0.25) is 4.84 Å². The molecule has 0 N–H and O–H groups in total. The van der Waals surface area contributed by atoms with Crippen molar-refractivity contribution in [1.82, 2.24) is 5.06 Å². The lowest BCUT2D eigenvalue weighted by atomic mass is 10.0. The molecule has 2 aliphatic rings. The van der Waals surface area contributed by atoms with Crippen LogP contribution in [-0.4, -0.2) is 11.7 Å². The Kier molecular flexibility index (Phi) is 1.32. The van der Waals surface area contributed by atoms with E-state index in [0.717, 1.165) is 5.70 Å². The zero-order valence-electron chi connectivity index (χ0n) is 7.10. The number of hydrogen-bond donors (Lipinski definition) is 0. The number of fused-ring (bicyclic) bond motifs is 3. The Morgan fingerprint density at radius 3 is 3.15 bits per heavy atom. The van der Waals surface area contributed by atoms with Crippen molar-refractivity contribution in [2.45, 2.75) is 0 Å². The van der Waals surface area contributed by atoms with E-state index in [1.54, 1.807) is 0 Å². The Balaban J connectivity index is 2.23. The van der Waals surface area contributed by atoms with Crippen molar-refractivity contribution in [1.29, 1.82) is 0 Å². The Morgan fingerprint density at radius 1 is 1.23 bits per heavy atom. The molecule has 2 nitrogen and oxygen atoms in total. The predicted octanol–water partition coefficient (Wildman–Crippen LogP) is 2.26. The third-order valence-corrected chi connectivity index (χ3v) is 2.35. The number of hydroxylamine groups is 2. The van der Waals surface area contributed by atoms with Crippen LogP contribution < -0.4 is 0 Å². The Morgan fingerprint density at radius 2 is 2.15 bits per heavy atom. The lowest BCUT2D eigenvalue weighted by Crippen LogP contribution is -2.13. The normalized spacial score (nSPS) is 18.2. The summed E-state index contributed by atoms with van der Waals surface area (Å²) < 4.78 is 0. The molecule has 0 amide bonds. The van der Waals surface area contributed by atoms with Crippen LogP contribution in [0.15, 0.2) is 36.5 Å². The highest BCUT2D eigenvalue weighted by atomic mass is 16.7. The Hall–Kier alpha value is -1.54. The average molecular weight is 171 g/mol. The van der Waals surface area contributed by atoms with E-state index in [1.165, 1.54) is 11.1 Å². The first kappa shape index (κ1) is 6.92. The molecule has 0 aliphatic carbocycles. The summed E-state index contributed by atoms with van der Waals surface area (Å²) in [5, 5.41) is 1.82. The highest BCUT2D eigenvalue weighted by molar-refractivity contribution is 5.77. The minimum absolute atomic E-state index is 0.675. The molecule has 2 heteroatoms. The minimum atomic E-state index is 0.675. The fraction of sp³-hybridized carbons (Fsp3) is 0.0909. The molecule has 1 aromatic carbocycles. The molecule has 1 aromatic rings. The summed E-state index contributed by atoms with van der Waals surface area (Å²) in [6, 6.07) is 8.33. The van der Waals surface area contributed by atoms with Gasteiger partial charge in [0, 0.05) is 11.8 Å². The fourth-order valence-electron chi connectivity index (χ4n) is 1.73. The van der Waals surface area contributed by atoms with Gasteiger partial charge in [-0.25, -0.2) is 5.06 Å². The number of hydrogen-bond acceptors (Lipinski definition) is 2. The summed E-state index contributed by atoms with van der Waals surface area (Å²) in [5.41, 5.74) is 3.68. The standard InChI is InChI=1S/C11H9NO/c1-2-4-10-9(3-1)5-7-12-11(10)6-8-13-12/h1-7H,8H2. The van der Waals surface area contributed by atoms with Crippen LogP contribution in [0.25, 0.3) is 11.8 Å². The van der Waals surface area contributed by atoms with Gasteiger partial charge >= 0.3 is 0 Å². The van der Waals surface area contributed by atoms with Crippen LogP contribution in [0.2, 0.25) is 0 Å². The van der Waals surface area contributed by atoms with Crippen LogP contribution >= 0.6 is 0 Å². The zero-order valence-corrected chi connectivity index (χ0v) is 7.10. The van der Waals surface area contributed by atoms with Crippen LogP contribution in [0.1, 0.15) is 11.1 Å². The molecule has 2 aliphatic heterocycles. The third kappa shape index (κ3) is 0.924. The molecule has 0 fully saturated rings. The first-order valence-corrected chi connectivity index (χ1v) is 4.35. The van der Waals surface area contributed by atoms with Crippen LogP contribution in [0.3, 0.4) is 0 Å². The maximum Gasteiger partial charge on any atom is 0.0958 e. The molecule has 0 saturated carbocycles. The smallest absolute Gasteiger partial charge is 0.0958 e. The van der Waals surface area contributed by atoms with Crippen LogP contribution in [-0.2, 0) is 4.84 Å². The van der Waals surface area contributed by atoms with Gasteiger partial charge in [-0.05, 0) is 17.7 Å². The number of benzene rings is 1. The molecule has 0 atom stereocenters. The van der Waals surface area contributed by atoms with E-state index in [9.17, 15) is 0 Å². The molecule has 0 spiro atoms. The third-order valence-electron chi connectivity index (χ3n) is 2.35. The van der Waals surface area contributed by atoms with Crippen LogP contribution in [0, 0.1) is 0 Å². The molecule has 13 heavy (non-hydrogen) atoms. The van der Waals surface area contributed by atoms with Gasteiger partial charge in [0.05, 0.1) is 12.3 Å². The minimum Gasteiger partial charge on any atom is -0.265 e. The zero-order chi connectivity index (χ0) is 8.67. The van der Waals surface area contributed by atoms with Crippen molar-refractivity contribution >= 4 is 11.8 Å². The maximum atomic E-state index is 5.37. The largest absolute Gasteiger partial charge is 0.265 e. The molecular formula is C11H9NO. The van der Waals surface area contributed by atoms with Gasteiger partial charge in [-0.1, -0.05) is 24.3 Å². The maximum absolute atomic E-state index is 5.37. The van der Waals surface area contributed by atoms with Gasteiger partial charge < -0.3 is 0 Å². The highest BCUT2D eigenvalue weighted by Crippen LogP contribution is 2.31. The second-order valence-electron chi connectivity index (χ2n) is 3.11. The average Bonchev–Trinajstić information content (AvgIpc) is 2.65. The molecule has 0 saturated heterocycles. The molecule has 0 radical (unpaired) electrons. The number of rotatable bonds is 0. The van der Waals surface area contributed by atoms with Gasteiger partial charge in [0.15, 0.2) is 0 Å². The second-order valence-corrected chi connectivity index (χ2v) is 3.11. The molecule has 3 rings (SSSR count). The summed E-state index contributed by atoms with van der Waals surface area (Å²) in [6.45, 7) is 0.675. The highest BCUT2D eigenvalue weighted by Gasteiger charge is 2.20. The SMILES string of the molecule is C1=CN2OCC=C2c2ccccc21. The fourth-order valence-corrected chi connectivity index (χ4v) is 1.73. The van der Waals surface area contributed by atoms with Gasteiger partial charge in [0.1, 0.15) is 0 Å². The Labute approximate surface area is 76.7 Å². The van der Waals surface area contributed by atoms with E-state index >= 15 is 0 Å². The topological polar surface area (TPSA) is 12.5 Å². The quantitative estimate of drug-likeness (QED) is 0.593. The van der Waals surface area contributed by atoms with E-state index in [-0.39, 0.29) is 0 Å². The number of nitrogens with zero attached hydrogens (tertiary/aromatic N) is 1. The van der Waals surface area contributed by atoms with Crippen molar-refractivity contribution in [3.63, 3.8) is 0 Å². The van der Waals surface area contributed by atoms with Crippen LogP contribution in [0.4, 0.5) is 0 Å². The van der Waals surface area contributed by atoms with Crippen LogP contribution in [0.5, 0.6) is 0 Å². The molecule has 0 aromatic heterocycles. The van der Waals surface area contributed by atoms with E-state index in [2.05, 4.69) is 36.4 Å². The lowest BCUT2D eigenvalue weighted by Gasteiger charge is -2.21. The summed E-state index contributed by atoms with van der Waals surface area (Å²) in [5.74, 6) is 0. The van der Waals surface area contributed by atoms with Gasteiger partial charge in [0.25, 0.3) is 0 Å². The first-order valence-electron chi connectivity index (χ1n) is 4.35. The van der Waals surface area contributed by atoms with Crippen molar-refractivity contribution < 1.29 is 4.84 Å². The summed E-state index contributed by atoms with van der Waals surface area (Å²) in [6.07, 6.45) is 6.13. The summed E-state index contributed by atoms with van der Waals surface area (Å²) >= 11 is 0. The van der Waals surface area contributed by atoms with E-state index in [0.29, 0.717) is 6.61 Å². The van der Waals surface area contributed by atoms with E-state index < -0.39 is 0 Å². The predicted molar refractivity (Wildman–Crippen MR) is 51.2 cm³/mol. The molecule has 0 unspecified atom stereocenters. The van der Waals surface area contributed by atoms with Crippen molar-refractivity contribution in [2.75, 3.05) is 6.61 Å². The van der Waals surface area contributed by atoms with Gasteiger partial charge in [-0.15, -0.1) is 0 Å². The van der Waals surface area contributed by atoms with Gasteiger partial charge in [-0.2, -0.15) is 0 Å². The summed E-state index contributed by atoms with van der Waals surface area (Å²) in [4.78, 5) is 5.37. The monoisotopic (exact) mass is 171 g/mol. The first-order chi connectivity index (χ1) is 6.45.